The number of unbranched alkanes of at least 4 members (excludes halogenated alkanes) is 2. The molecular weight excluding hydrogens is 202 g/mol. The summed E-state index contributed by atoms with van der Waals surface area (Å²) in [5, 5.41) is 2.99. The Morgan fingerprint density at radius 1 is 1.56 bits per heavy atom. The molecule has 0 amide bonds. The Morgan fingerprint density at radius 2 is 2.38 bits per heavy atom. The molecule has 0 saturated heterocycles. The monoisotopic (exact) mass is 221 g/mol. The van der Waals surface area contributed by atoms with Crippen molar-refractivity contribution in [3.05, 3.63) is 35.4 Å². The van der Waals surface area contributed by atoms with E-state index < -0.39 is 0 Å². The first-order valence-corrected chi connectivity index (χ1v) is 5.70. The van der Waals surface area contributed by atoms with Gasteiger partial charge in [-0.3, -0.25) is 4.57 Å². The molecule has 0 radical (unpaired) electrons. The highest BCUT2D eigenvalue weighted by Gasteiger charge is 1.98. The largest absolute Gasteiger partial charge is 0.366 e. The van der Waals surface area contributed by atoms with Crippen molar-refractivity contribution < 1.29 is 0 Å². The van der Waals surface area contributed by atoms with Gasteiger partial charge < -0.3 is 5.32 Å². The van der Waals surface area contributed by atoms with Crippen LogP contribution in [0, 0.1) is 0 Å². The van der Waals surface area contributed by atoms with E-state index in [0.29, 0.717) is 12.4 Å². The second kappa shape index (κ2) is 6.82. The first-order valence-electron chi connectivity index (χ1n) is 5.70. The summed E-state index contributed by atoms with van der Waals surface area (Å²) >= 11 is 0. The lowest BCUT2D eigenvalue weighted by Gasteiger charge is -2.06. The van der Waals surface area contributed by atoms with E-state index in [2.05, 4.69) is 23.8 Å². The topological polar surface area (TPSA) is 46.9 Å². The van der Waals surface area contributed by atoms with Crippen molar-refractivity contribution in [1.29, 1.82) is 0 Å². The van der Waals surface area contributed by atoms with Gasteiger partial charge in [0.25, 0.3) is 0 Å². The van der Waals surface area contributed by atoms with E-state index in [-0.39, 0.29) is 5.69 Å². The second-order valence-electron chi connectivity index (χ2n) is 3.67. The Balaban J connectivity index is 2.60. The van der Waals surface area contributed by atoms with Gasteiger partial charge in [-0.2, -0.15) is 4.98 Å². The van der Waals surface area contributed by atoms with Crippen LogP contribution in [0.3, 0.4) is 0 Å². The van der Waals surface area contributed by atoms with Gasteiger partial charge in [0.2, 0.25) is 0 Å². The zero-order valence-corrected chi connectivity index (χ0v) is 9.78. The van der Waals surface area contributed by atoms with Crippen LogP contribution in [0.15, 0.2) is 29.7 Å². The third kappa shape index (κ3) is 3.88. The second-order valence-corrected chi connectivity index (χ2v) is 3.67. The molecular formula is C12H19N3O. The van der Waals surface area contributed by atoms with E-state index in [0.717, 1.165) is 25.8 Å². The predicted octanol–water partition coefficient (Wildman–Crippen LogP) is 2.03. The van der Waals surface area contributed by atoms with Crippen LogP contribution in [-0.4, -0.2) is 16.1 Å². The Bertz CT molecular complexity index is 384. The molecule has 4 heteroatoms. The van der Waals surface area contributed by atoms with Crippen LogP contribution in [0.25, 0.3) is 0 Å². The van der Waals surface area contributed by atoms with Crippen LogP contribution in [0.1, 0.15) is 26.2 Å². The van der Waals surface area contributed by atoms with Gasteiger partial charge in [0.15, 0.2) is 0 Å². The molecule has 88 valence electrons. The van der Waals surface area contributed by atoms with Crippen LogP contribution >= 0.6 is 0 Å². The van der Waals surface area contributed by atoms with Gasteiger partial charge in [-0.25, -0.2) is 4.79 Å². The van der Waals surface area contributed by atoms with Crippen LogP contribution in [0.2, 0.25) is 0 Å². The highest BCUT2D eigenvalue weighted by atomic mass is 16.1. The molecule has 1 aromatic heterocycles. The molecule has 0 atom stereocenters. The molecule has 1 aromatic rings. The van der Waals surface area contributed by atoms with Gasteiger partial charge in [-0.1, -0.05) is 25.8 Å². The molecule has 0 aliphatic heterocycles. The molecule has 0 unspecified atom stereocenters. The summed E-state index contributed by atoms with van der Waals surface area (Å²) < 4.78 is 1.65. The first kappa shape index (κ1) is 12.5. The van der Waals surface area contributed by atoms with Crippen molar-refractivity contribution in [2.24, 2.45) is 0 Å². The summed E-state index contributed by atoms with van der Waals surface area (Å²) in [6.07, 6.45) is 6.84. The Kier molecular flexibility index (Phi) is 5.32. The zero-order valence-electron chi connectivity index (χ0n) is 9.78. The molecule has 0 spiro atoms. The van der Waals surface area contributed by atoms with Gasteiger partial charge in [0.05, 0.1) is 0 Å². The normalized spacial score (nSPS) is 10.1. The highest BCUT2D eigenvalue weighted by molar-refractivity contribution is 5.32. The van der Waals surface area contributed by atoms with Crippen molar-refractivity contribution >= 4 is 5.82 Å². The van der Waals surface area contributed by atoms with Crippen LogP contribution in [0.4, 0.5) is 5.82 Å². The SMILES string of the molecule is C=CCNc1ccn(CCCCC)c(=O)n1. The molecule has 0 fully saturated rings. The number of nitrogens with zero attached hydrogens (tertiary/aromatic N) is 2. The lowest BCUT2D eigenvalue weighted by molar-refractivity contribution is 0.577. The third-order valence-corrected chi connectivity index (χ3v) is 2.30. The molecule has 1 N–H and O–H groups in total. The Hall–Kier alpha value is -1.58. The Morgan fingerprint density at radius 3 is 3.00 bits per heavy atom. The maximum absolute atomic E-state index is 11.6. The van der Waals surface area contributed by atoms with Crippen molar-refractivity contribution in [3.8, 4) is 0 Å². The van der Waals surface area contributed by atoms with Gasteiger partial charge in [-0.15, -0.1) is 6.58 Å². The van der Waals surface area contributed by atoms with E-state index in [1.54, 1.807) is 16.8 Å². The number of nitrogens with one attached hydrogen (secondary N) is 1. The van der Waals surface area contributed by atoms with Crippen molar-refractivity contribution in [2.75, 3.05) is 11.9 Å². The van der Waals surface area contributed by atoms with Crippen molar-refractivity contribution in [1.82, 2.24) is 9.55 Å². The highest BCUT2D eigenvalue weighted by Crippen LogP contribution is 1.99. The zero-order chi connectivity index (χ0) is 11.8. The average molecular weight is 221 g/mol. The molecule has 0 bridgehead atoms. The van der Waals surface area contributed by atoms with Crippen LogP contribution in [0.5, 0.6) is 0 Å². The van der Waals surface area contributed by atoms with Crippen molar-refractivity contribution in [3.63, 3.8) is 0 Å². The van der Waals surface area contributed by atoms with Gasteiger partial charge in [-0.05, 0) is 12.5 Å². The summed E-state index contributed by atoms with van der Waals surface area (Å²) in [6, 6.07) is 1.82. The quantitative estimate of drug-likeness (QED) is 0.566. The average Bonchev–Trinajstić information content (AvgIpc) is 2.29. The van der Waals surface area contributed by atoms with Gasteiger partial charge in [0.1, 0.15) is 5.82 Å². The summed E-state index contributed by atoms with van der Waals surface area (Å²) in [5.74, 6) is 0.608. The maximum Gasteiger partial charge on any atom is 0.349 e. The molecule has 0 aliphatic rings. The fraction of sp³-hybridized carbons (Fsp3) is 0.500. The van der Waals surface area contributed by atoms with Crippen LogP contribution < -0.4 is 11.0 Å². The number of hydrogen-bond acceptors (Lipinski definition) is 3. The summed E-state index contributed by atoms with van der Waals surface area (Å²) in [7, 11) is 0. The Labute approximate surface area is 96.0 Å². The molecule has 1 rings (SSSR count). The predicted molar refractivity (Wildman–Crippen MR) is 66.7 cm³/mol. The summed E-state index contributed by atoms with van der Waals surface area (Å²) in [6.45, 7) is 7.10. The lowest BCUT2D eigenvalue weighted by Crippen LogP contribution is -2.23. The number of aromatic nitrogens is 2. The van der Waals surface area contributed by atoms with E-state index in [9.17, 15) is 4.79 Å². The number of rotatable bonds is 7. The third-order valence-electron chi connectivity index (χ3n) is 2.30. The van der Waals surface area contributed by atoms with E-state index >= 15 is 0 Å². The molecule has 0 aromatic carbocycles. The molecule has 16 heavy (non-hydrogen) atoms. The number of anilines is 1. The summed E-state index contributed by atoms with van der Waals surface area (Å²) in [4.78, 5) is 15.5. The minimum Gasteiger partial charge on any atom is -0.366 e. The maximum atomic E-state index is 11.6. The molecule has 0 saturated carbocycles. The molecule has 1 heterocycles. The van der Waals surface area contributed by atoms with E-state index in [4.69, 9.17) is 0 Å². The number of hydrogen-bond donors (Lipinski definition) is 1. The van der Waals surface area contributed by atoms with Gasteiger partial charge in [0, 0.05) is 19.3 Å². The van der Waals surface area contributed by atoms with Crippen LogP contribution in [-0.2, 0) is 6.54 Å². The minimum atomic E-state index is -0.190. The van der Waals surface area contributed by atoms with Crippen molar-refractivity contribution in [2.45, 2.75) is 32.7 Å². The van der Waals surface area contributed by atoms with E-state index in [1.807, 2.05) is 6.07 Å². The minimum absolute atomic E-state index is 0.190. The fourth-order valence-electron chi connectivity index (χ4n) is 1.41. The first-order chi connectivity index (χ1) is 7.77. The van der Waals surface area contributed by atoms with E-state index in [1.165, 1.54) is 0 Å². The molecule has 4 nitrogen and oxygen atoms in total. The van der Waals surface area contributed by atoms with Gasteiger partial charge >= 0.3 is 5.69 Å². The smallest absolute Gasteiger partial charge is 0.349 e. The number of aryl methyl sites for hydroxylation is 1. The lowest BCUT2D eigenvalue weighted by atomic mass is 10.2. The molecule has 0 aliphatic carbocycles. The standard InChI is InChI=1S/C12H19N3O/c1-3-5-6-9-15-10-7-11(13-8-4-2)14-12(15)16/h4,7,10H,2-3,5-6,8-9H2,1H3,(H,13,14,16). The summed E-state index contributed by atoms with van der Waals surface area (Å²) in [5.41, 5.74) is -0.190. The fourth-order valence-corrected chi connectivity index (χ4v) is 1.41.